The van der Waals surface area contributed by atoms with Gasteiger partial charge < -0.3 is 66.9 Å². The van der Waals surface area contributed by atoms with Crippen molar-refractivity contribution < 1.29 is 76.0 Å². The Labute approximate surface area is 338 Å². The molecule has 6 rings (SSSR count). The number of hydrogen-bond donors (Lipinski definition) is 0. The summed E-state index contributed by atoms with van der Waals surface area (Å²) in [7, 11) is 4.21. The van der Waals surface area contributed by atoms with Gasteiger partial charge in [-0.1, -0.05) is 85.1 Å². The second-order valence-corrected chi connectivity index (χ2v) is 12.8. The molecule has 0 unspecified atom stereocenters. The second-order valence-electron chi connectivity index (χ2n) is 10.7. The fraction of sp³-hybridized carbons (Fsp3) is 0.250. The second kappa shape index (κ2) is 22.1. The van der Waals surface area contributed by atoms with Gasteiger partial charge in [-0.2, -0.15) is 9.13 Å². The molecular weight excluding hydrogens is 890 g/mol. The van der Waals surface area contributed by atoms with Gasteiger partial charge in [-0.3, -0.25) is 0 Å². The van der Waals surface area contributed by atoms with Crippen LogP contribution in [0.5, 0.6) is 11.5 Å². The van der Waals surface area contributed by atoms with Crippen molar-refractivity contribution in [2.24, 2.45) is 14.1 Å². The fourth-order valence-electron chi connectivity index (χ4n) is 4.98. The normalized spacial score (nSPS) is 11.0. The van der Waals surface area contributed by atoms with Gasteiger partial charge >= 0.3 is 0 Å². The van der Waals surface area contributed by atoms with Crippen LogP contribution < -0.4 is 66.6 Å². The van der Waals surface area contributed by atoms with Crippen LogP contribution in [0.2, 0.25) is 0 Å². The van der Waals surface area contributed by atoms with Gasteiger partial charge in [0, 0.05) is 24.3 Å². The largest absolute Gasteiger partial charge is 1.00 e. The van der Waals surface area contributed by atoms with E-state index in [9.17, 15) is 0 Å². The Morgan fingerprint density at radius 1 is 0.480 bits per heavy atom. The van der Waals surface area contributed by atoms with Crippen LogP contribution in [0.4, 0.5) is 0 Å². The predicted molar refractivity (Wildman–Crippen MR) is 201 cm³/mol. The number of fused-ring (bicyclic) bond motifs is 2. The Morgan fingerprint density at radius 3 is 1.22 bits per heavy atom. The zero-order chi connectivity index (χ0) is 33.6. The third-order valence-corrected chi connectivity index (χ3v) is 9.87. The molecule has 0 amide bonds. The summed E-state index contributed by atoms with van der Waals surface area (Å²) in [5.41, 5.74) is 4.76. The summed E-state index contributed by atoms with van der Waals surface area (Å²) in [5.74, 6) is 1.66. The molecule has 50 heavy (non-hydrogen) atoms. The Kier molecular flexibility index (Phi) is 18.4. The van der Waals surface area contributed by atoms with E-state index in [4.69, 9.17) is 18.9 Å². The van der Waals surface area contributed by atoms with Crippen LogP contribution in [-0.4, -0.2) is 39.6 Å². The van der Waals surface area contributed by atoms with Crippen molar-refractivity contribution in [3.05, 3.63) is 118 Å². The number of para-hydroxylation sites is 2. The van der Waals surface area contributed by atoms with Gasteiger partial charge in [-0.05, 0) is 59.7 Å². The van der Waals surface area contributed by atoms with E-state index >= 15 is 0 Å². The molecule has 0 fully saturated rings. The molecule has 10 heteroatoms. The van der Waals surface area contributed by atoms with Crippen molar-refractivity contribution >= 4 is 67.4 Å². The summed E-state index contributed by atoms with van der Waals surface area (Å²) in [6.45, 7) is 7.02. The van der Waals surface area contributed by atoms with Gasteiger partial charge in [0.1, 0.15) is 48.2 Å². The van der Waals surface area contributed by atoms with Crippen molar-refractivity contribution in [3.63, 3.8) is 0 Å². The minimum atomic E-state index is 0. The van der Waals surface area contributed by atoms with Crippen LogP contribution in [0, 0.1) is 0 Å². The Bertz CT molecular complexity index is 1800. The minimum absolute atomic E-state index is 0. The number of benzene rings is 4. The Morgan fingerprint density at radius 2 is 0.840 bits per heavy atom. The summed E-state index contributed by atoms with van der Waals surface area (Å²) in [6.07, 6.45) is 8.58. The highest BCUT2D eigenvalue weighted by Crippen LogP contribution is 2.23. The zero-order valence-corrected chi connectivity index (χ0v) is 34.8. The average Bonchev–Trinajstić information content (AvgIpc) is 3.64. The number of ether oxygens (including phenoxy) is 4. The lowest BCUT2D eigenvalue weighted by atomic mass is 10.2. The zero-order valence-electron chi connectivity index (χ0n) is 28.9. The predicted octanol–water partition coefficient (Wildman–Crippen LogP) is 2.63. The van der Waals surface area contributed by atoms with E-state index in [0.717, 1.165) is 22.6 Å². The molecule has 0 aliphatic heterocycles. The van der Waals surface area contributed by atoms with Crippen LogP contribution >= 0.6 is 22.7 Å². The molecule has 0 atom stereocenters. The number of rotatable bonds is 15. The molecular formula is C40H44I2N2O4S2. The SMILES string of the molecule is CC.C[n+]1c(/C=C/c2ccc(OCCOCCOCCOc3ccc(/C=C/c4sc5ccccc5[n+]4C)cc3)cc2)sc2ccccc21.[I-].[I-]. The van der Waals surface area contributed by atoms with Crippen molar-refractivity contribution in [2.75, 3.05) is 39.6 Å². The summed E-state index contributed by atoms with van der Waals surface area (Å²) < 4.78 is 30.0. The topological polar surface area (TPSA) is 44.7 Å². The van der Waals surface area contributed by atoms with E-state index in [1.54, 1.807) is 22.7 Å². The quantitative estimate of drug-likeness (QED) is 0.0905. The molecule has 0 aliphatic carbocycles. The van der Waals surface area contributed by atoms with Crippen molar-refractivity contribution in [3.8, 4) is 11.5 Å². The highest BCUT2D eigenvalue weighted by atomic mass is 127. The first-order valence-corrected chi connectivity index (χ1v) is 18.0. The minimum Gasteiger partial charge on any atom is -1.00 e. The molecule has 4 aromatic carbocycles. The smallest absolute Gasteiger partial charge is 0.262 e. The third kappa shape index (κ3) is 11.8. The maximum atomic E-state index is 5.82. The molecule has 0 N–H and O–H groups in total. The Hall–Kier alpha value is -2.88. The number of aryl methyl sites for hydroxylation is 2. The van der Waals surface area contributed by atoms with Gasteiger partial charge in [-0.25, -0.2) is 0 Å². The summed E-state index contributed by atoms with van der Waals surface area (Å²) >= 11 is 3.58. The molecule has 0 radical (unpaired) electrons. The number of thiazole rings is 2. The molecule has 2 heterocycles. The van der Waals surface area contributed by atoms with Crippen molar-refractivity contribution in [1.82, 2.24) is 0 Å². The highest BCUT2D eigenvalue weighted by Gasteiger charge is 2.14. The first-order valence-electron chi connectivity index (χ1n) is 16.4. The standard InChI is InChI=1S/C38H38N2O4S2.C2H6.2HI/c1-39-33-7-3-5-9-35(33)45-37(39)21-15-29-11-17-31(18-12-29)43-27-25-41-23-24-42-26-28-44-32-19-13-30(14-20-32)16-22-38-40(2)34-8-4-6-10-36(34)46-38;1-2;;/h3-22H,23-28H2,1-2H3;1-2H3;2*1H/q+2;;;/p-2/b21-15+,22-16+;;;. The summed E-state index contributed by atoms with van der Waals surface area (Å²) in [4.78, 5) is 0. The van der Waals surface area contributed by atoms with E-state index in [2.05, 4.69) is 120 Å². The lowest BCUT2D eigenvalue weighted by Gasteiger charge is -2.09. The lowest BCUT2D eigenvalue weighted by Crippen LogP contribution is -3.00. The number of aromatic nitrogens is 2. The number of nitrogens with zero attached hydrogens (tertiary/aromatic N) is 2. The van der Waals surface area contributed by atoms with Crippen LogP contribution in [0.25, 0.3) is 44.7 Å². The molecule has 2 aromatic heterocycles. The molecule has 0 aliphatic rings. The van der Waals surface area contributed by atoms with E-state index in [-0.39, 0.29) is 48.0 Å². The monoisotopic (exact) mass is 934 g/mol. The number of halogens is 2. The van der Waals surface area contributed by atoms with Crippen LogP contribution in [0.1, 0.15) is 35.0 Å². The van der Waals surface area contributed by atoms with Gasteiger partial charge in [0.15, 0.2) is 0 Å². The first-order chi connectivity index (χ1) is 23.6. The first kappa shape index (κ1) is 41.5. The molecule has 0 bridgehead atoms. The maximum Gasteiger partial charge on any atom is 0.262 e. The third-order valence-electron chi connectivity index (χ3n) is 7.51. The average molecular weight is 935 g/mol. The van der Waals surface area contributed by atoms with Crippen LogP contribution in [0.15, 0.2) is 97.1 Å². The highest BCUT2D eigenvalue weighted by molar-refractivity contribution is 7.19. The lowest BCUT2D eigenvalue weighted by molar-refractivity contribution is -0.642. The van der Waals surface area contributed by atoms with Crippen LogP contribution in [-0.2, 0) is 23.6 Å². The number of hydrogen-bond acceptors (Lipinski definition) is 6. The van der Waals surface area contributed by atoms with Gasteiger partial charge in [0.05, 0.1) is 26.4 Å². The van der Waals surface area contributed by atoms with E-state index in [1.807, 2.05) is 38.1 Å². The molecule has 0 spiro atoms. The van der Waals surface area contributed by atoms with Crippen molar-refractivity contribution in [2.45, 2.75) is 13.8 Å². The van der Waals surface area contributed by atoms with Crippen molar-refractivity contribution in [1.29, 1.82) is 0 Å². The summed E-state index contributed by atoms with van der Waals surface area (Å²) in [5, 5.41) is 2.42. The molecule has 6 aromatic rings. The fourth-order valence-corrected chi connectivity index (χ4v) is 7.08. The van der Waals surface area contributed by atoms with E-state index in [0.29, 0.717) is 39.6 Å². The van der Waals surface area contributed by atoms with Crippen LogP contribution in [0.3, 0.4) is 0 Å². The van der Waals surface area contributed by atoms with Gasteiger partial charge in [-0.15, -0.1) is 0 Å². The van der Waals surface area contributed by atoms with Gasteiger partial charge in [0.2, 0.25) is 11.0 Å². The summed E-state index contributed by atoms with van der Waals surface area (Å²) in [6, 6.07) is 33.1. The molecule has 0 saturated heterocycles. The molecule has 264 valence electrons. The molecule has 0 saturated carbocycles. The molecule has 6 nitrogen and oxygen atoms in total. The van der Waals surface area contributed by atoms with E-state index < -0.39 is 0 Å². The van der Waals surface area contributed by atoms with E-state index in [1.165, 1.54) is 30.4 Å². The van der Waals surface area contributed by atoms with Gasteiger partial charge in [0.25, 0.3) is 10.0 Å². The maximum absolute atomic E-state index is 5.82. The Balaban J connectivity index is 0.00000166.